The third kappa shape index (κ3) is 4.23. The number of hydrogen-bond acceptors (Lipinski definition) is 3. The number of benzene rings is 2. The summed E-state index contributed by atoms with van der Waals surface area (Å²) in [5, 5.41) is 3.03. The van der Waals surface area contributed by atoms with Crippen LogP contribution in [0.5, 0.6) is 11.5 Å². The molecule has 1 heterocycles. The molecule has 136 valence electrons. The van der Waals surface area contributed by atoms with E-state index < -0.39 is 5.60 Å². The Morgan fingerprint density at radius 2 is 2.00 bits per heavy atom. The molecule has 0 fully saturated rings. The normalized spacial score (nSPS) is 18.1. The highest BCUT2D eigenvalue weighted by Gasteiger charge is 2.34. The molecule has 1 amide bonds. The van der Waals surface area contributed by atoms with Gasteiger partial charge in [0.15, 0.2) is 0 Å². The Morgan fingerprint density at radius 1 is 1.27 bits per heavy atom. The number of carbonyl (C=O) groups excluding carboxylic acids is 1. The van der Waals surface area contributed by atoms with E-state index >= 15 is 0 Å². The minimum atomic E-state index is -0.405. The van der Waals surface area contributed by atoms with Crippen LogP contribution in [0, 0.1) is 5.82 Å². The van der Waals surface area contributed by atoms with Crippen LogP contribution >= 0.6 is 0 Å². The third-order valence-electron chi connectivity index (χ3n) is 4.29. The number of nitrogens with one attached hydrogen (secondary N) is 1. The lowest BCUT2D eigenvalue weighted by atomic mass is 9.89. The smallest absolute Gasteiger partial charge is 0.244 e. The van der Waals surface area contributed by atoms with Gasteiger partial charge in [-0.05, 0) is 49.8 Å². The second-order valence-corrected chi connectivity index (χ2v) is 6.92. The van der Waals surface area contributed by atoms with Gasteiger partial charge >= 0.3 is 0 Å². The van der Waals surface area contributed by atoms with Gasteiger partial charge in [0.2, 0.25) is 5.91 Å². The Labute approximate surface area is 152 Å². The fourth-order valence-electron chi connectivity index (χ4n) is 3.05. The van der Waals surface area contributed by atoms with Crippen molar-refractivity contribution < 1.29 is 18.7 Å². The van der Waals surface area contributed by atoms with Gasteiger partial charge in [-0.15, -0.1) is 0 Å². The number of halogens is 1. The van der Waals surface area contributed by atoms with Crippen molar-refractivity contribution in [3.05, 3.63) is 65.5 Å². The Bertz CT molecular complexity index is 828. The second kappa shape index (κ2) is 7.20. The number of fused-ring (bicyclic) bond motifs is 1. The average Bonchev–Trinajstić information content (AvgIpc) is 2.59. The fraction of sp³-hybridized carbons (Fsp3) is 0.286. The van der Waals surface area contributed by atoms with Crippen molar-refractivity contribution in [1.82, 2.24) is 5.32 Å². The van der Waals surface area contributed by atoms with Crippen molar-refractivity contribution in [2.45, 2.75) is 31.9 Å². The van der Waals surface area contributed by atoms with Gasteiger partial charge < -0.3 is 14.8 Å². The topological polar surface area (TPSA) is 47.6 Å². The van der Waals surface area contributed by atoms with Gasteiger partial charge in [0.05, 0.1) is 13.2 Å². The maximum absolute atomic E-state index is 12.9. The molecule has 0 spiro atoms. The molecule has 1 aliphatic rings. The van der Waals surface area contributed by atoms with E-state index in [9.17, 15) is 9.18 Å². The summed E-state index contributed by atoms with van der Waals surface area (Å²) in [5.74, 6) is 0.915. The first-order valence-corrected chi connectivity index (χ1v) is 8.47. The van der Waals surface area contributed by atoms with Crippen LogP contribution in [0.4, 0.5) is 4.39 Å². The zero-order valence-corrected chi connectivity index (χ0v) is 15.1. The van der Waals surface area contributed by atoms with Gasteiger partial charge in [-0.25, -0.2) is 4.39 Å². The maximum Gasteiger partial charge on any atom is 0.244 e. The Kier molecular flexibility index (Phi) is 4.98. The first kappa shape index (κ1) is 18.0. The Balaban J connectivity index is 1.76. The Morgan fingerprint density at radius 3 is 2.69 bits per heavy atom. The molecule has 0 bridgehead atoms. The van der Waals surface area contributed by atoms with Crippen LogP contribution in [0.1, 0.15) is 37.4 Å². The summed E-state index contributed by atoms with van der Waals surface area (Å²) in [4.78, 5) is 12.4. The number of hydrogen-bond donors (Lipinski definition) is 1. The number of amides is 1. The van der Waals surface area contributed by atoms with Gasteiger partial charge in [0.1, 0.15) is 22.9 Å². The molecule has 2 aromatic rings. The molecule has 5 heteroatoms. The standard InChI is InChI=1S/C21H22FNO3/c1-21(2)13-18(17-10-9-16(25-3)12-19(17)26-21)23-20(24)11-6-14-4-7-15(22)8-5-14/h4-12,18H,13H2,1-3H3,(H,23,24)/b11-6+/t18-/m0/s1. The Hall–Kier alpha value is -2.82. The molecule has 4 nitrogen and oxygen atoms in total. The summed E-state index contributed by atoms with van der Waals surface area (Å²) in [5.41, 5.74) is 1.28. The molecule has 0 radical (unpaired) electrons. The van der Waals surface area contributed by atoms with E-state index in [-0.39, 0.29) is 17.8 Å². The van der Waals surface area contributed by atoms with Crippen LogP contribution in [-0.4, -0.2) is 18.6 Å². The lowest BCUT2D eigenvalue weighted by molar-refractivity contribution is -0.117. The quantitative estimate of drug-likeness (QED) is 0.834. The molecule has 0 saturated carbocycles. The van der Waals surface area contributed by atoms with E-state index in [4.69, 9.17) is 9.47 Å². The van der Waals surface area contributed by atoms with E-state index in [1.54, 1.807) is 25.3 Å². The fourth-order valence-corrected chi connectivity index (χ4v) is 3.05. The molecular weight excluding hydrogens is 333 g/mol. The minimum absolute atomic E-state index is 0.162. The maximum atomic E-state index is 12.9. The monoisotopic (exact) mass is 355 g/mol. The molecule has 0 aliphatic carbocycles. The molecule has 1 N–H and O–H groups in total. The second-order valence-electron chi connectivity index (χ2n) is 6.92. The van der Waals surface area contributed by atoms with Crippen LogP contribution in [0.3, 0.4) is 0 Å². The molecule has 3 rings (SSSR count). The number of carbonyl (C=O) groups is 1. The molecule has 2 aromatic carbocycles. The van der Waals surface area contributed by atoms with Crippen molar-refractivity contribution in [3.8, 4) is 11.5 Å². The lowest BCUT2D eigenvalue weighted by Crippen LogP contribution is -2.40. The first-order valence-electron chi connectivity index (χ1n) is 8.47. The number of methoxy groups -OCH3 is 1. The van der Waals surface area contributed by atoms with Crippen LogP contribution < -0.4 is 14.8 Å². The highest BCUT2D eigenvalue weighted by Crippen LogP contribution is 2.41. The van der Waals surface area contributed by atoms with Crippen molar-refractivity contribution in [2.75, 3.05) is 7.11 Å². The minimum Gasteiger partial charge on any atom is -0.497 e. The first-order chi connectivity index (χ1) is 12.4. The molecule has 1 aliphatic heterocycles. The van der Waals surface area contributed by atoms with E-state index in [1.165, 1.54) is 18.2 Å². The average molecular weight is 355 g/mol. The predicted octanol–water partition coefficient (Wildman–Crippen LogP) is 4.27. The van der Waals surface area contributed by atoms with Gasteiger partial charge in [-0.3, -0.25) is 4.79 Å². The highest BCUT2D eigenvalue weighted by atomic mass is 19.1. The van der Waals surface area contributed by atoms with Gasteiger partial charge in [-0.1, -0.05) is 12.1 Å². The van der Waals surface area contributed by atoms with Crippen molar-refractivity contribution in [2.24, 2.45) is 0 Å². The predicted molar refractivity (Wildman–Crippen MR) is 98.6 cm³/mol. The van der Waals surface area contributed by atoms with E-state index in [0.29, 0.717) is 17.9 Å². The van der Waals surface area contributed by atoms with E-state index in [1.807, 2.05) is 32.0 Å². The third-order valence-corrected chi connectivity index (χ3v) is 4.29. The molecule has 1 atom stereocenters. The summed E-state index contributed by atoms with van der Waals surface area (Å²) in [6, 6.07) is 11.4. The largest absolute Gasteiger partial charge is 0.497 e. The molecule has 26 heavy (non-hydrogen) atoms. The molecule has 0 saturated heterocycles. The highest BCUT2D eigenvalue weighted by molar-refractivity contribution is 5.92. The van der Waals surface area contributed by atoms with Crippen molar-refractivity contribution in [3.63, 3.8) is 0 Å². The summed E-state index contributed by atoms with van der Waals surface area (Å²) in [6.07, 6.45) is 3.77. The van der Waals surface area contributed by atoms with E-state index in [2.05, 4.69) is 5.32 Å². The molecule has 0 unspecified atom stereocenters. The van der Waals surface area contributed by atoms with Crippen LogP contribution in [0.2, 0.25) is 0 Å². The van der Waals surface area contributed by atoms with Gasteiger partial charge in [-0.2, -0.15) is 0 Å². The van der Waals surface area contributed by atoms with Gasteiger partial charge in [0.25, 0.3) is 0 Å². The molecule has 0 aromatic heterocycles. The van der Waals surface area contributed by atoms with E-state index in [0.717, 1.165) is 11.1 Å². The van der Waals surface area contributed by atoms with Crippen molar-refractivity contribution in [1.29, 1.82) is 0 Å². The van der Waals surface area contributed by atoms with Crippen molar-refractivity contribution >= 4 is 12.0 Å². The van der Waals surface area contributed by atoms with Crippen LogP contribution in [0.25, 0.3) is 6.08 Å². The zero-order chi connectivity index (χ0) is 18.7. The summed E-state index contributed by atoms with van der Waals surface area (Å²) >= 11 is 0. The van der Waals surface area contributed by atoms with Crippen LogP contribution in [0.15, 0.2) is 48.5 Å². The summed E-state index contributed by atoms with van der Waals surface area (Å²) in [7, 11) is 1.61. The van der Waals surface area contributed by atoms with Gasteiger partial charge in [0, 0.05) is 24.1 Å². The summed E-state index contributed by atoms with van der Waals surface area (Å²) in [6.45, 7) is 3.98. The summed E-state index contributed by atoms with van der Waals surface area (Å²) < 4.78 is 24.2. The van der Waals surface area contributed by atoms with Crippen LogP contribution in [-0.2, 0) is 4.79 Å². The zero-order valence-electron chi connectivity index (χ0n) is 15.1. The number of ether oxygens (including phenoxy) is 2. The SMILES string of the molecule is COc1ccc2c(c1)OC(C)(C)C[C@@H]2NC(=O)/C=C/c1ccc(F)cc1. The molecular formula is C21H22FNO3. The number of rotatable bonds is 4. The lowest BCUT2D eigenvalue weighted by Gasteiger charge is -2.37.